The average molecular weight is 286 g/mol. The number of carbonyl (C=O) groups excluding carboxylic acids is 2. The summed E-state index contributed by atoms with van der Waals surface area (Å²) in [6.07, 6.45) is 0. The number of aryl methyl sites for hydroxylation is 1. The summed E-state index contributed by atoms with van der Waals surface area (Å²) in [6.45, 7) is 3.72. The van der Waals surface area contributed by atoms with Gasteiger partial charge in [0.2, 0.25) is 5.91 Å². The molecule has 0 saturated carbocycles. The fourth-order valence-electron chi connectivity index (χ4n) is 1.89. The van der Waals surface area contributed by atoms with Crippen LogP contribution in [0.5, 0.6) is 0 Å². The molecule has 2 rings (SSSR count). The summed E-state index contributed by atoms with van der Waals surface area (Å²) in [5.41, 5.74) is 1.54. The minimum Gasteiger partial charge on any atom is -0.456 e. The number of carbonyl (C=O) groups is 2. The van der Waals surface area contributed by atoms with Gasteiger partial charge in [-0.15, -0.1) is 0 Å². The topological polar surface area (TPSA) is 62.6 Å². The number of hydrogen-bond acceptors (Lipinski definition) is 3. The van der Waals surface area contributed by atoms with Crippen LogP contribution in [0.15, 0.2) is 40.8 Å². The van der Waals surface area contributed by atoms with E-state index in [0.717, 1.165) is 5.56 Å². The summed E-state index contributed by atoms with van der Waals surface area (Å²) in [4.78, 5) is 25.0. The molecule has 2 aromatic rings. The molecule has 5 nitrogen and oxygen atoms in total. The Morgan fingerprint density at radius 2 is 1.90 bits per heavy atom. The van der Waals surface area contributed by atoms with E-state index in [1.54, 1.807) is 37.1 Å². The molecule has 110 valence electrons. The number of benzene rings is 1. The largest absolute Gasteiger partial charge is 0.456 e. The van der Waals surface area contributed by atoms with Gasteiger partial charge in [-0.05, 0) is 30.7 Å². The van der Waals surface area contributed by atoms with Gasteiger partial charge in [0.05, 0.1) is 0 Å². The zero-order valence-electron chi connectivity index (χ0n) is 12.3. The van der Waals surface area contributed by atoms with Gasteiger partial charge < -0.3 is 14.6 Å². The summed E-state index contributed by atoms with van der Waals surface area (Å²) >= 11 is 0. The van der Waals surface area contributed by atoms with Gasteiger partial charge in [-0.25, -0.2) is 0 Å². The van der Waals surface area contributed by atoms with E-state index < -0.39 is 0 Å². The molecule has 1 aromatic heterocycles. The second kappa shape index (κ2) is 6.26. The highest BCUT2D eigenvalue weighted by atomic mass is 16.3. The molecule has 21 heavy (non-hydrogen) atoms. The molecule has 2 amide bonds. The SMILES string of the molecule is CC(=O)N(C)Cc1ccccc1NC(=O)c1ccc(C)o1. The van der Waals surface area contributed by atoms with E-state index in [1.807, 2.05) is 18.2 Å². The molecule has 0 fully saturated rings. The van der Waals surface area contributed by atoms with Gasteiger partial charge in [0.1, 0.15) is 5.76 Å². The van der Waals surface area contributed by atoms with Crippen molar-refractivity contribution in [2.24, 2.45) is 0 Å². The minimum atomic E-state index is -0.305. The van der Waals surface area contributed by atoms with Crippen LogP contribution < -0.4 is 5.32 Å². The van der Waals surface area contributed by atoms with Crippen molar-refractivity contribution in [3.8, 4) is 0 Å². The first-order valence-electron chi connectivity index (χ1n) is 6.65. The first kappa shape index (κ1) is 14.8. The fourth-order valence-corrected chi connectivity index (χ4v) is 1.89. The van der Waals surface area contributed by atoms with Crippen LogP contribution in [0.4, 0.5) is 5.69 Å². The van der Waals surface area contributed by atoms with E-state index in [0.29, 0.717) is 18.0 Å². The van der Waals surface area contributed by atoms with E-state index in [2.05, 4.69) is 5.32 Å². The lowest BCUT2D eigenvalue weighted by atomic mass is 10.1. The molecule has 1 heterocycles. The first-order chi connectivity index (χ1) is 9.97. The van der Waals surface area contributed by atoms with E-state index in [9.17, 15) is 9.59 Å². The van der Waals surface area contributed by atoms with Crippen LogP contribution >= 0.6 is 0 Å². The highest BCUT2D eigenvalue weighted by Crippen LogP contribution is 2.18. The number of hydrogen-bond donors (Lipinski definition) is 1. The van der Waals surface area contributed by atoms with Gasteiger partial charge in [0.25, 0.3) is 5.91 Å². The smallest absolute Gasteiger partial charge is 0.291 e. The third kappa shape index (κ3) is 3.72. The molecular weight excluding hydrogens is 268 g/mol. The first-order valence-corrected chi connectivity index (χ1v) is 6.65. The lowest BCUT2D eigenvalue weighted by molar-refractivity contribution is -0.128. The Bertz CT molecular complexity index is 661. The summed E-state index contributed by atoms with van der Waals surface area (Å²) in [7, 11) is 1.72. The van der Waals surface area contributed by atoms with Gasteiger partial charge in [0.15, 0.2) is 5.76 Å². The van der Waals surface area contributed by atoms with Crippen molar-refractivity contribution >= 4 is 17.5 Å². The number of nitrogens with one attached hydrogen (secondary N) is 1. The number of para-hydroxylation sites is 1. The molecule has 0 aliphatic carbocycles. The third-order valence-corrected chi connectivity index (χ3v) is 3.17. The van der Waals surface area contributed by atoms with E-state index >= 15 is 0 Å². The maximum Gasteiger partial charge on any atom is 0.291 e. The number of nitrogens with zero attached hydrogens (tertiary/aromatic N) is 1. The predicted octanol–water partition coefficient (Wildman–Crippen LogP) is 2.82. The van der Waals surface area contributed by atoms with Gasteiger partial charge in [-0.3, -0.25) is 9.59 Å². The Labute approximate surface area is 123 Å². The number of furan rings is 1. The Morgan fingerprint density at radius 1 is 1.19 bits per heavy atom. The molecular formula is C16H18N2O3. The maximum atomic E-state index is 12.1. The molecule has 0 saturated heterocycles. The summed E-state index contributed by atoms with van der Waals surface area (Å²) in [5, 5.41) is 2.81. The van der Waals surface area contributed by atoms with Crippen LogP contribution in [0.3, 0.4) is 0 Å². The summed E-state index contributed by atoms with van der Waals surface area (Å²) in [5.74, 6) is 0.616. The van der Waals surface area contributed by atoms with Crippen LogP contribution in [0, 0.1) is 6.92 Å². The van der Waals surface area contributed by atoms with Crippen LogP contribution in [0.2, 0.25) is 0 Å². The molecule has 0 aliphatic heterocycles. The van der Waals surface area contributed by atoms with Crippen LogP contribution in [-0.4, -0.2) is 23.8 Å². The van der Waals surface area contributed by atoms with Crippen molar-refractivity contribution in [1.29, 1.82) is 0 Å². The third-order valence-electron chi connectivity index (χ3n) is 3.17. The van der Waals surface area contributed by atoms with Crippen LogP contribution in [0.25, 0.3) is 0 Å². The monoisotopic (exact) mass is 286 g/mol. The second-order valence-corrected chi connectivity index (χ2v) is 4.90. The molecule has 1 N–H and O–H groups in total. The van der Waals surface area contributed by atoms with Crippen molar-refractivity contribution in [2.45, 2.75) is 20.4 Å². The molecule has 0 atom stereocenters. The molecule has 5 heteroatoms. The normalized spacial score (nSPS) is 10.2. The molecule has 0 radical (unpaired) electrons. The number of rotatable bonds is 4. The van der Waals surface area contributed by atoms with E-state index in [-0.39, 0.29) is 17.6 Å². The fraction of sp³-hybridized carbons (Fsp3) is 0.250. The predicted molar refractivity (Wildman–Crippen MR) is 80.0 cm³/mol. The zero-order valence-corrected chi connectivity index (χ0v) is 12.3. The molecule has 1 aromatic carbocycles. The van der Waals surface area contributed by atoms with Crippen molar-refractivity contribution < 1.29 is 14.0 Å². The zero-order chi connectivity index (χ0) is 15.4. The number of amides is 2. The molecule has 0 aliphatic rings. The highest BCUT2D eigenvalue weighted by Gasteiger charge is 2.13. The standard InChI is InChI=1S/C16H18N2O3/c1-11-8-9-15(21-11)16(20)17-14-7-5-4-6-13(14)10-18(3)12(2)19/h4-9H,10H2,1-3H3,(H,17,20). The van der Waals surface area contributed by atoms with Gasteiger partial charge in [0, 0.05) is 26.2 Å². The van der Waals surface area contributed by atoms with Gasteiger partial charge in [-0.1, -0.05) is 18.2 Å². The average Bonchev–Trinajstić information content (AvgIpc) is 2.87. The van der Waals surface area contributed by atoms with Crippen molar-refractivity contribution in [3.63, 3.8) is 0 Å². The van der Waals surface area contributed by atoms with Gasteiger partial charge >= 0.3 is 0 Å². The quantitative estimate of drug-likeness (QED) is 0.940. The molecule has 0 unspecified atom stereocenters. The second-order valence-electron chi connectivity index (χ2n) is 4.90. The van der Waals surface area contributed by atoms with Crippen LogP contribution in [0.1, 0.15) is 28.8 Å². The van der Waals surface area contributed by atoms with Crippen LogP contribution in [-0.2, 0) is 11.3 Å². The molecule has 0 bridgehead atoms. The Balaban J connectivity index is 2.16. The minimum absolute atomic E-state index is 0.0298. The highest BCUT2D eigenvalue weighted by molar-refractivity contribution is 6.02. The summed E-state index contributed by atoms with van der Waals surface area (Å²) in [6, 6.07) is 10.8. The molecule has 0 spiro atoms. The van der Waals surface area contributed by atoms with Gasteiger partial charge in [-0.2, -0.15) is 0 Å². The van der Waals surface area contributed by atoms with E-state index in [1.165, 1.54) is 6.92 Å². The Hall–Kier alpha value is -2.56. The Morgan fingerprint density at radius 3 is 2.52 bits per heavy atom. The van der Waals surface area contributed by atoms with Crippen molar-refractivity contribution in [3.05, 3.63) is 53.5 Å². The van der Waals surface area contributed by atoms with Crippen molar-refractivity contribution in [2.75, 3.05) is 12.4 Å². The maximum absolute atomic E-state index is 12.1. The lowest BCUT2D eigenvalue weighted by Crippen LogP contribution is -2.24. The lowest BCUT2D eigenvalue weighted by Gasteiger charge is -2.17. The number of anilines is 1. The van der Waals surface area contributed by atoms with Crippen molar-refractivity contribution in [1.82, 2.24) is 4.90 Å². The Kier molecular flexibility index (Phi) is 4.42. The van der Waals surface area contributed by atoms with E-state index in [4.69, 9.17) is 4.42 Å². The summed E-state index contributed by atoms with van der Waals surface area (Å²) < 4.78 is 5.30.